The number of rotatable bonds is 5. The Hall–Kier alpha value is -1.73. The van der Waals surface area contributed by atoms with Crippen molar-refractivity contribution < 1.29 is 4.79 Å². The molecule has 0 unspecified atom stereocenters. The maximum Gasteiger partial charge on any atom is 0.221 e. The number of hydrogen-bond acceptors (Lipinski definition) is 5. The van der Waals surface area contributed by atoms with E-state index < -0.39 is 0 Å². The van der Waals surface area contributed by atoms with Crippen LogP contribution in [0.25, 0.3) is 0 Å². The fraction of sp³-hybridized carbons (Fsp3) is 0.188. The minimum Gasteiger partial charge on any atom is -0.313 e. The third-order valence-electron chi connectivity index (χ3n) is 2.97. The first-order chi connectivity index (χ1) is 11.0. The van der Waals surface area contributed by atoms with E-state index in [9.17, 15) is 0 Å². The summed E-state index contributed by atoms with van der Waals surface area (Å²) in [7, 11) is 1.86. The molecule has 0 saturated heterocycles. The summed E-state index contributed by atoms with van der Waals surface area (Å²) < 4.78 is 0. The highest BCUT2D eigenvalue weighted by atomic mass is 35.5. The molecule has 0 aliphatic carbocycles. The van der Waals surface area contributed by atoms with E-state index in [1.54, 1.807) is 22.2 Å². The molecule has 1 amide bonds. The number of hydrogen-bond donors (Lipinski definition) is 3. The van der Waals surface area contributed by atoms with Crippen LogP contribution in [0.5, 0.6) is 0 Å². The minimum absolute atomic E-state index is 0.403. The van der Waals surface area contributed by atoms with Gasteiger partial charge in [0.1, 0.15) is 0 Å². The SMILES string of the molecule is Cc1cccc(N(C)N)c1SCc1ccccc1Cl.NNC=O. The Morgan fingerprint density at radius 1 is 1.26 bits per heavy atom. The number of nitrogens with two attached hydrogens (primary N) is 2. The van der Waals surface area contributed by atoms with Crippen molar-refractivity contribution in [1.82, 2.24) is 5.43 Å². The van der Waals surface area contributed by atoms with E-state index in [-0.39, 0.29) is 0 Å². The summed E-state index contributed by atoms with van der Waals surface area (Å²) in [4.78, 5) is 10.1. The van der Waals surface area contributed by atoms with Gasteiger partial charge in [0, 0.05) is 22.7 Å². The molecule has 2 aromatic carbocycles. The summed E-state index contributed by atoms with van der Waals surface area (Å²) in [6.45, 7) is 2.10. The predicted molar refractivity (Wildman–Crippen MR) is 98.2 cm³/mol. The second kappa shape index (κ2) is 10.1. The van der Waals surface area contributed by atoms with Gasteiger partial charge in [0.15, 0.2) is 0 Å². The molecule has 0 radical (unpaired) electrons. The number of benzene rings is 2. The standard InChI is InChI=1S/C15H17ClN2S.CH4N2O/c1-11-6-5-9-14(18(2)17)15(11)19-10-12-7-3-4-8-13(12)16;2-3-1-4/h3-9H,10,17H2,1-2H3;1H,2H2,(H,3,4). The molecule has 0 aliphatic heterocycles. The molecule has 5 nitrogen and oxygen atoms in total. The summed E-state index contributed by atoms with van der Waals surface area (Å²) in [5, 5.41) is 2.47. The molecule has 7 heteroatoms. The Bertz CT molecular complexity index is 637. The van der Waals surface area contributed by atoms with Crippen molar-refractivity contribution in [3.8, 4) is 0 Å². The molecule has 23 heavy (non-hydrogen) atoms. The van der Waals surface area contributed by atoms with E-state index in [4.69, 9.17) is 22.2 Å². The molecule has 0 heterocycles. The molecule has 5 N–H and O–H groups in total. The van der Waals surface area contributed by atoms with Gasteiger partial charge in [-0.15, -0.1) is 11.8 Å². The molecule has 0 aromatic heterocycles. The van der Waals surface area contributed by atoms with Crippen LogP contribution in [0.1, 0.15) is 11.1 Å². The van der Waals surface area contributed by atoms with Gasteiger partial charge in [-0.05, 0) is 30.2 Å². The normalized spacial score (nSPS) is 9.61. The number of nitrogens with one attached hydrogen (secondary N) is 1. The summed E-state index contributed by atoms with van der Waals surface area (Å²) in [6, 6.07) is 14.1. The average molecular weight is 353 g/mol. The third-order valence-corrected chi connectivity index (χ3v) is 4.61. The molecule has 124 valence electrons. The smallest absolute Gasteiger partial charge is 0.221 e. The fourth-order valence-electron chi connectivity index (χ4n) is 1.87. The molecule has 0 spiro atoms. The molecule has 0 saturated carbocycles. The first kappa shape index (κ1) is 19.3. The minimum atomic E-state index is 0.403. The first-order valence-electron chi connectivity index (χ1n) is 6.85. The van der Waals surface area contributed by atoms with Crippen LogP contribution in [0, 0.1) is 6.92 Å². The van der Waals surface area contributed by atoms with Crippen LogP contribution in [0.4, 0.5) is 5.69 Å². The van der Waals surface area contributed by atoms with Crippen molar-refractivity contribution in [2.24, 2.45) is 11.7 Å². The second-order valence-electron chi connectivity index (χ2n) is 4.70. The highest BCUT2D eigenvalue weighted by Crippen LogP contribution is 2.35. The summed E-state index contributed by atoms with van der Waals surface area (Å²) in [5.74, 6) is 11.1. The van der Waals surface area contributed by atoms with E-state index in [1.165, 1.54) is 10.5 Å². The number of carbonyl (C=O) groups is 1. The van der Waals surface area contributed by atoms with Crippen LogP contribution >= 0.6 is 23.4 Å². The lowest BCUT2D eigenvalue weighted by atomic mass is 10.2. The van der Waals surface area contributed by atoms with Crippen LogP contribution in [-0.2, 0) is 10.5 Å². The number of carbonyl (C=O) groups excluding carboxylic acids is 1. The zero-order valence-corrected chi connectivity index (χ0v) is 14.7. The molecule has 0 aliphatic rings. The number of hydrazine groups is 2. The Labute approximate surface area is 145 Å². The van der Waals surface area contributed by atoms with E-state index in [1.807, 2.05) is 37.4 Å². The number of amides is 1. The average Bonchev–Trinajstić information content (AvgIpc) is 2.55. The van der Waals surface area contributed by atoms with Crippen LogP contribution in [0.15, 0.2) is 47.4 Å². The quantitative estimate of drug-likeness (QED) is 0.253. The molecule has 0 fully saturated rings. The lowest BCUT2D eigenvalue weighted by Crippen LogP contribution is -2.25. The number of nitrogens with zero attached hydrogens (tertiary/aromatic N) is 1. The Morgan fingerprint density at radius 2 is 1.91 bits per heavy atom. The molecule has 0 bridgehead atoms. The Balaban J connectivity index is 0.000000593. The lowest BCUT2D eigenvalue weighted by Gasteiger charge is -2.18. The number of halogens is 1. The van der Waals surface area contributed by atoms with Gasteiger partial charge in [0.2, 0.25) is 6.41 Å². The van der Waals surface area contributed by atoms with Crippen LogP contribution in [0.3, 0.4) is 0 Å². The maximum atomic E-state index is 8.94. The van der Waals surface area contributed by atoms with Crippen LogP contribution < -0.4 is 22.1 Å². The number of anilines is 1. The lowest BCUT2D eigenvalue weighted by molar-refractivity contribution is -0.109. The van der Waals surface area contributed by atoms with Crippen LogP contribution in [-0.4, -0.2) is 13.5 Å². The van der Waals surface area contributed by atoms with Crippen LogP contribution in [0.2, 0.25) is 5.02 Å². The van der Waals surface area contributed by atoms with Crippen molar-refractivity contribution in [2.45, 2.75) is 17.6 Å². The van der Waals surface area contributed by atoms with Gasteiger partial charge in [-0.1, -0.05) is 41.9 Å². The number of aryl methyl sites for hydroxylation is 1. The Kier molecular flexibility index (Phi) is 8.50. The van der Waals surface area contributed by atoms with Crippen molar-refractivity contribution in [3.63, 3.8) is 0 Å². The first-order valence-corrected chi connectivity index (χ1v) is 8.21. The molecule has 0 atom stereocenters. The van der Waals surface area contributed by atoms with Crippen molar-refractivity contribution >= 4 is 35.5 Å². The number of thioether (sulfide) groups is 1. The summed E-state index contributed by atoms with van der Waals surface area (Å²) >= 11 is 7.95. The van der Waals surface area contributed by atoms with Gasteiger partial charge in [0.25, 0.3) is 0 Å². The largest absolute Gasteiger partial charge is 0.313 e. The van der Waals surface area contributed by atoms with E-state index >= 15 is 0 Å². The fourth-order valence-corrected chi connectivity index (χ4v) is 3.36. The van der Waals surface area contributed by atoms with Gasteiger partial charge in [-0.25, -0.2) is 11.7 Å². The predicted octanol–water partition coefficient (Wildman–Crippen LogP) is 2.86. The highest BCUT2D eigenvalue weighted by molar-refractivity contribution is 7.98. The van der Waals surface area contributed by atoms with Gasteiger partial charge in [-0.3, -0.25) is 10.2 Å². The second-order valence-corrected chi connectivity index (χ2v) is 6.09. The van der Waals surface area contributed by atoms with Gasteiger partial charge >= 0.3 is 0 Å². The molecular formula is C16H21ClN4OS. The van der Waals surface area contributed by atoms with Gasteiger partial charge in [0.05, 0.1) is 5.69 Å². The highest BCUT2D eigenvalue weighted by Gasteiger charge is 2.09. The van der Waals surface area contributed by atoms with E-state index in [0.29, 0.717) is 6.41 Å². The van der Waals surface area contributed by atoms with Crippen molar-refractivity contribution in [3.05, 3.63) is 58.6 Å². The Morgan fingerprint density at radius 3 is 2.48 bits per heavy atom. The molecule has 2 aromatic rings. The zero-order chi connectivity index (χ0) is 17.2. The topological polar surface area (TPSA) is 84.4 Å². The third kappa shape index (κ3) is 6.11. The van der Waals surface area contributed by atoms with Crippen molar-refractivity contribution in [2.75, 3.05) is 12.1 Å². The maximum absolute atomic E-state index is 8.94. The summed E-state index contributed by atoms with van der Waals surface area (Å²) in [5.41, 5.74) is 5.16. The summed E-state index contributed by atoms with van der Waals surface area (Å²) in [6.07, 6.45) is 0.403. The van der Waals surface area contributed by atoms with E-state index in [2.05, 4.69) is 24.9 Å². The molecule has 2 rings (SSSR count). The molecular weight excluding hydrogens is 332 g/mol. The van der Waals surface area contributed by atoms with Crippen molar-refractivity contribution in [1.29, 1.82) is 0 Å². The van der Waals surface area contributed by atoms with Gasteiger partial charge in [-0.2, -0.15) is 0 Å². The van der Waals surface area contributed by atoms with Gasteiger partial charge < -0.3 is 5.01 Å². The van der Waals surface area contributed by atoms with E-state index in [0.717, 1.165) is 22.0 Å². The zero-order valence-electron chi connectivity index (χ0n) is 13.1. The monoisotopic (exact) mass is 352 g/mol.